The van der Waals surface area contributed by atoms with Gasteiger partial charge in [0.2, 0.25) is 0 Å². The zero-order chi connectivity index (χ0) is 21.6. The van der Waals surface area contributed by atoms with Crippen LogP contribution in [0.25, 0.3) is 11.0 Å². The summed E-state index contributed by atoms with van der Waals surface area (Å²) in [5.41, 5.74) is 2.68. The third-order valence-corrected chi connectivity index (χ3v) is 6.48. The molecular formula is C23H24N6O2. The van der Waals surface area contributed by atoms with Crippen LogP contribution in [0.1, 0.15) is 43.9 Å². The minimum Gasteiger partial charge on any atom is -0.441 e. The Balaban J connectivity index is 1.39. The molecular weight excluding hydrogens is 392 g/mol. The Labute approximate surface area is 180 Å². The molecule has 8 heteroatoms. The maximum Gasteiger partial charge on any atom is 0.416 e. The topological polar surface area (TPSA) is 96.9 Å². The van der Waals surface area contributed by atoms with Gasteiger partial charge in [0.1, 0.15) is 5.60 Å². The van der Waals surface area contributed by atoms with Crippen LogP contribution in [0.5, 0.6) is 0 Å². The summed E-state index contributed by atoms with van der Waals surface area (Å²) >= 11 is 0. The number of carbonyl (C=O) groups is 1. The Hall–Kier alpha value is -3.47. The molecule has 1 amide bonds. The molecule has 8 nitrogen and oxygen atoms in total. The highest BCUT2D eigenvalue weighted by Crippen LogP contribution is 2.47. The lowest BCUT2D eigenvalue weighted by Crippen LogP contribution is -2.45. The van der Waals surface area contributed by atoms with Gasteiger partial charge in [-0.15, -0.1) is 0 Å². The second-order valence-electron chi connectivity index (χ2n) is 9.18. The monoisotopic (exact) mass is 416 g/mol. The van der Waals surface area contributed by atoms with Gasteiger partial charge in [-0.3, -0.25) is 9.88 Å². The second-order valence-corrected chi connectivity index (χ2v) is 9.18. The summed E-state index contributed by atoms with van der Waals surface area (Å²) < 4.78 is 8.10. The molecule has 3 aromatic rings. The first-order chi connectivity index (χ1) is 14.9. The van der Waals surface area contributed by atoms with Crippen molar-refractivity contribution >= 4 is 22.9 Å². The van der Waals surface area contributed by atoms with E-state index in [9.17, 15) is 10.1 Å². The van der Waals surface area contributed by atoms with Crippen LogP contribution >= 0.6 is 0 Å². The summed E-state index contributed by atoms with van der Waals surface area (Å²) in [6.07, 6.45) is 8.40. The maximum absolute atomic E-state index is 12.7. The van der Waals surface area contributed by atoms with E-state index in [1.54, 1.807) is 23.4 Å². The molecule has 1 aliphatic carbocycles. The number of imidazole rings is 1. The van der Waals surface area contributed by atoms with Gasteiger partial charge in [0.15, 0.2) is 5.82 Å². The molecule has 0 radical (unpaired) electrons. The molecule has 2 aliphatic rings. The lowest BCUT2D eigenvalue weighted by molar-refractivity contribution is -0.0264. The summed E-state index contributed by atoms with van der Waals surface area (Å²) in [5, 5.41) is 9.25. The number of aryl methyl sites for hydroxylation is 1. The van der Waals surface area contributed by atoms with Crippen molar-refractivity contribution in [3.63, 3.8) is 0 Å². The van der Waals surface area contributed by atoms with Crippen molar-refractivity contribution in [3.05, 3.63) is 48.2 Å². The quantitative estimate of drug-likeness (QED) is 0.641. The molecule has 2 fully saturated rings. The molecule has 3 heterocycles. The van der Waals surface area contributed by atoms with Gasteiger partial charge >= 0.3 is 6.09 Å². The van der Waals surface area contributed by atoms with Gasteiger partial charge in [-0.1, -0.05) is 6.92 Å². The molecule has 2 atom stereocenters. The van der Waals surface area contributed by atoms with Crippen LogP contribution in [0.3, 0.4) is 0 Å². The SMILES string of the molecule is Cc1cnc(N2C[C@@]3(CCC[C@](C)(Cn4cnc5ccc(C#N)cc54)C3)OC2=O)cn1. The fraction of sp³-hybridized carbons (Fsp3) is 0.435. The third-order valence-electron chi connectivity index (χ3n) is 6.48. The van der Waals surface area contributed by atoms with Crippen LogP contribution in [-0.2, 0) is 11.3 Å². The first-order valence-corrected chi connectivity index (χ1v) is 10.5. The number of nitrogens with zero attached hydrogens (tertiary/aromatic N) is 6. The van der Waals surface area contributed by atoms with Crippen LogP contribution in [0.4, 0.5) is 10.6 Å². The molecule has 5 rings (SSSR count). The Morgan fingerprint density at radius 3 is 2.87 bits per heavy atom. The number of nitriles is 1. The minimum absolute atomic E-state index is 0.0657. The summed E-state index contributed by atoms with van der Waals surface area (Å²) in [6.45, 7) is 5.35. The Bertz CT molecular complexity index is 1200. The first-order valence-electron chi connectivity index (χ1n) is 10.5. The highest BCUT2D eigenvalue weighted by molar-refractivity contribution is 5.89. The Morgan fingerprint density at radius 1 is 1.23 bits per heavy atom. The highest BCUT2D eigenvalue weighted by Gasteiger charge is 2.52. The van der Waals surface area contributed by atoms with Crippen molar-refractivity contribution in [2.24, 2.45) is 5.41 Å². The van der Waals surface area contributed by atoms with Crippen molar-refractivity contribution in [1.29, 1.82) is 5.26 Å². The number of fused-ring (bicyclic) bond motifs is 1. The van der Waals surface area contributed by atoms with Gasteiger partial charge in [-0.2, -0.15) is 5.26 Å². The molecule has 0 unspecified atom stereocenters. The number of benzene rings is 1. The first kappa shape index (κ1) is 19.5. The number of ether oxygens (including phenoxy) is 1. The lowest BCUT2D eigenvalue weighted by Gasteiger charge is -2.43. The molecule has 158 valence electrons. The zero-order valence-electron chi connectivity index (χ0n) is 17.7. The minimum atomic E-state index is -0.523. The highest BCUT2D eigenvalue weighted by atomic mass is 16.6. The number of hydrogen-bond acceptors (Lipinski definition) is 6. The van der Waals surface area contributed by atoms with Gasteiger partial charge in [0, 0.05) is 6.54 Å². The van der Waals surface area contributed by atoms with E-state index in [2.05, 4.69) is 32.5 Å². The standard InChI is InChI=1S/C23H24N6O2/c1-16-10-26-20(11-25-16)29-14-23(31-21(29)30)7-3-6-22(2,12-23)13-28-15-27-18-5-4-17(9-24)8-19(18)28/h4-5,8,10-11,15H,3,6-7,12-14H2,1-2H3/t22-,23-/m0/s1. The van der Waals surface area contributed by atoms with Gasteiger partial charge in [0.25, 0.3) is 0 Å². The van der Waals surface area contributed by atoms with E-state index in [1.807, 2.05) is 25.4 Å². The van der Waals surface area contributed by atoms with Crippen molar-refractivity contribution < 1.29 is 9.53 Å². The molecule has 1 spiro atoms. The average Bonchev–Trinajstić information content (AvgIpc) is 3.28. The predicted octanol–water partition coefficient (Wildman–Crippen LogP) is 3.98. The molecule has 0 N–H and O–H groups in total. The number of aromatic nitrogens is 4. The van der Waals surface area contributed by atoms with E-state index < -0.39 is 5.60 Å². The fourth-order valence-corrected chi connectivity index (χ4v) is 5.14. The molecule has 2 aromatic heterocycles. The molecule has 1 aromatic carbocycles. The maximum atomic E-state index is 12.7. The number of amides is 1. The number of carbonyl (C=O) groups excluding carboxylic acids is 1. The summed E-state index contributed by atoms with van der Waals surface area (Å²) in [6, 6.07) is 7.76. The number of anilines is 1. The summed E-state index contributed by atoms with van der Waals surface area (Å²) in [4.78, 5) is 27.4. The van der Waals surface area contributed by atoms with E-state index in [0.29, 0.717) is 17.9 Å². The van der Waals surface area contributed by atoms with E-state index in [1.165, 1.54) is 0 Å². The number of hydrogen-bond donors (Lipinski definition) is 0. The van der Waals surface area contributed by atoms with Crippen molar-refractivity contribution in [3.8, 4) is 6.07 Å². The normalized spacial score (nSPS) is 25.7. The third kappa shape index (κ3) is 3.50. The summed E-state index contributed by atoms with van der Waals surface area (Å²) in [7, 11) is 0. The average molecular weight is 416 g/mol. The van der Waals surface area contributed by atoms with Gasteiger partial charge in [-0.05, 0) is 56.2 Å². The van der Waals surface area contributed by atoms with Crippen molar-refractivity contribution in [1.82, 2.24) is 19.5 Å². The van der Waals surface area contributed by atoms with E-state index >= 15 is 0 Å². The molecule has 1 saturated carbocycles. The lowest BCUT2D eigenvalue weighted by atomic mass is 9.68. The van der Waals surface area contributed by atoms with Crippen molar-refractivity contribution in [2.45, 2.75) is 51.7 Å². The second kappa shape index (κ2) is 7.05. The van der Waals surface area contributed by atoms with Gasteiger partial charge in [0.05, 0.1) is 53.6 Å². The Morgan fingerprint density at radius 2 is 2.10 bits per heavy atom. The van der Waals surface area contributed by atoms with E-state index in [-0.39, 0.29) is 11.5 Å². The largest absolute Gasteiger partial charge is 0.441 e. The molecule has 1 aliphatic heterocycles. The predicted molar refractivity (Wildman–Crippen MR) is 114 cm³/mol. The molecule has 1 saturated heterocycles. The molecule has 0 bridgehead atoms. The van der Waals surface area contributed by atoms with Crippen LogP contribution < -0.4 is 4.90 Å². The Kier molecular flexibility index (Phi) is 4.43. The fourth-order valence-electron chi connectivity index (χ4n) is 5.14. The van der Waals surface area contributed by atoms with Crippen LogP contribution in [0, 0.1) is 23.7 Å². The van der Waals surface area contributed by atoms with Gasteiger partial charge < -0.3 is 9.30 Å². The smallest absolute Gasteiger partial charge is 0.416 e. The summed E-state index contributed by atoms with van der Waals surface area (Å²) in [5.74, 6) is 0.532. The van der Waals surface area contributed by atoms with E-state index in [4.69, 9.17) is 4.74 Å². The number of rotatable bonds is 3. The van der Waals surface area contributed by atoms with Gasteiger partial charge in [-0.25, -0.2) is 14.8 Å². The zero-order valence-corrected chi connectivity index (χ0v) is 17.7. The van der Waals surface area contributed by atoms with E-state index in [0.717, 1.165) is 49.0 Å². The molecule has 31 heavy (non-hydrogen) atoms. The van der Waals surface area contributed by atoms with Crippen LogP contribution in [-0.4, -0.2) is 37.8 Å². The van der Waals surface area contributed by atoms with Crippen LogP contribution in [0.15, 0.2) is 36.9 Å². The van der Waals surface area contributed by atoms with Crippen molar-refractivity contribution in [2.75, 3.05) is 11.4 Å². The van der Waals surface area contributed by atoms with Crippen LogP contribution in [0.2, 0.25) is 0 Å².